The highest BCUT2D eigenvalue weighted by molar-refractivity contribution is 7.91. The van der Waals surface area contributed by atoms with E-state index in [1.807, 2.05) is 18.2 Å². The first kappa shape index (κ1) is 15.0. The molecule has 0 fully saturated rings. The monoisotopic (exact) mass is 339 g/mol. The maximum atomic E-state index is 13.3. The Balaban J connectivity index is 1.85. The summed E-state index contributed by atoms with van der Waals surface area (Å²) in [6, 6.07) is 15.5. The van der Waals surface area contributed by atoms with E-state index < -0.39 is 15.8 Å². The highest BCUT2D eigenvalue weighted by Crippen LogP contribution is 2.36. The van der Waals surface area contributed by atoms with Gasteiger partial charge in [-0.2, -0.15) is 4.39 Å². The molecule has 0 unspecified atom stereocenters. The van der Waals surface area contributed by atoms with Crippen molar-refractivity contribution in [2.45, 2.75) is 22.6 Å². The minimum atomic E-state index is -3.51. The molecule has 3 aromatic rings. The van der Waals surface area contributed by atoms with Gasteiger partial charge in [0, 0.05) is 12.6 Å². The number of hydrogen-bond acceptors (Lipinski definition) is 3. The van der Waals surface area contributed by atoms with Gasteiger partial charge >= 0.3 is 0 Å². The van der Waals surface area contributed by atoms with Crippen molar-refractivity contribution in [1.29, 1.82) is 0 Å². The topological polar surface area (TPSA) is 47.0 Å². The molecule has 2 heterocycles. The fourth-order valence-corrected chi connectivity index (χ4v) is 4.99. The second kappa shape index (κ2) is 5.53. The Bertz CT molecular complexity index is 1040. The molecule has 5 heteroatoms. The molecule has 0 spiro atoms. The fraction of sp³-hybridized carbons (Fsp3) is 0.105. The van der Waals surface area contributed by atoms with Crippen LogP contribution in [0, 0.1) is 5.95 Å². The number of sulfone groups is 1. The number of rotatable bonds is 2. The Hall–Kier alpha value is -2.53. The molecule has 1 aliphatic rings. The lowest BCUT2D eigenvalue weighted by Gasteiger charge is -2.22. The van der Waals surface area contributed by atoms with E-state index in [-0.39, 0.29) is 0 Å². The van der Waals surface area contributed by atoms with Crippen LogP contribution >= 0.6 is 0 Å². The largest absolute Gasteiger partial charge is 0.228 e. The highest BCUT2D eigenvalue weighted by Gasteiger charge is 2.30. The molecule has 4 rings (SSSR count). The van der Waals surface area contributed by atoms with Gasteiger partial charge in [0.25, 0.3) is 0 Å². The first-order valence-electron chi connectivity index (χ1n) is 7.60. The van der Waals surface area contributed by atoms with Gasteiger partial charge in [-0.05, 0) is 52.9 Å². The highest BCUT2D eigenvalue weighted by atomic mass is 32.2. The van der Waals surface area contributed by atoms with E-state index in [1.54, 1.807) is 30.3 Å². The first-order chi connectivity index (χ1) is 11.6. The quantitative estimate of drug-likeness (QED) is 0.525. The molecular formula is C19H14FNO2S. The molecule has 0 amide bonds. The van der Waals surface area contributed by atoms with E-state index >= 15 is 0 Å². The van der Waals surface area contributed by atoms with Crippen molar-refractivity contribution < 1.29 is 12.8 Å². The predicted molar refractivity (Wildman–Crippen MR) is 88.1 cm³/mol. The van der Waals surface area contributed by atoms with Crippen molar-refractivity contribution in [2.24, 2.45) is 0 Å². The summed E-state index contributed by atoms with van der Waals surface area (Å²) < 4.78 is 39.1. The van der Waals surface area contributed by atoms with E-state index in [2.05, 4.69) is 4.98 Å². The van der Waals surface area contributed by atoms with Crippen LogP contribution in [-0.2, 0) is 22.7 Å². The zero-order valence-electron chi connectivity index (χ0n) is 12.7. The lowest BCUT2D eigenvalue weighted by atomic mass is 9.95. The summed E-state index contributed by atoms with van der Waals surface area (Å²) >= 11 is 0. The van der Waals surface area contributed by atoms with Crippen molar-refractivity contribution in [3.05, 3.63) is 89.0 Å². The van der Waals surface area contributed by atoms with Gasteiger partial charge in [-0.1, -0.05) is 30.3 Å². The molecule has 0 N–H and O–H groups in total. The smallest absolute Gasteiger partial charge is 0.213 e. The third-order valence-corrected chi connectivity index (χ3v) is 6.27. The number of nitrogens with zero attached hydrogens (tertiary/aromatic N) is 1. The summed E-state index contributed by atoms with van der Waals surface area (Å²) in [4.78, 5) is 4.29. The zero-order chi connectivity index (χ0) is 16.7. The Morgan fingerprint density at radius 2 is 1.79 bits per heavy atom. The molecule has 2 aromatic carbocycles. The summed E-state index contributed by atoms with van der Waals surface area (Å²) in [5, 5.41) is 0. The summed E-state index contributed by atoms with van der Waals surface area (Å²) in [6.45, 7) is 0. The number of fused-ring (bicyclic) bond motifs is 2. The molecule has 0 radical (unpaired) electrons. The van der Waals surface area contributed by atoms with Crippen molar-refractivity contribution >= 4 is 9.84 Å². The third-order valence-electron chi connectivity index (χ3n) is 4.33. The maximum Gasteiger partial charge on any atom is 0.213 e. The molecule has 120 valence electrons. The van der Waals surface area contributed by atoms with Gasteiger partial charge < -0.3 is 0 Å². The lowest BCUT2D eigenvalue weighted by molar-refractivity contribution is 0.581. The van der Waals surface area contributed by atoms with Crippen molar-refractivity contribution in [2.75, 3.05) is 0 Å². The number of hydrogen-bond donors (Lipinski definition) is 0. The van der Waals surface area contributed by atoms with Crippen LogP contribution in [0.25, 0.3) is 0 Å². The summed E-state index contributed by atoms with van der Waals surface area (Å²) in [6.07, 6.45) is 2.46. The van der Waals surface area contributed by atoms with Gasteiger partial charge in [-0.3, -0.25) is 0 Å². The second-order valence-corrected chi connectivity index (χ2v) is 7.73. The third kappa shape index (κ3) is 2.41. The first-order valence-corrected chi connectivity index (χ1v) is 9.08. The van der Waals surface area contributed by atoms with Crippen LogP contribution in [0.5, 0.6) is 0 Å². The van der Waals surface area contributed by atoms with Crippen LogP contribution in [0.15, 0.2) is 70.6 Å². The van der Waals surface area contributed by atoms with Gasteiger partial charge in [0.05, 0.1) is 9.79 Å². The number of aromatic nitrogens is 1. The molecule has 0 saturated heterocycles. The Labute approximate surface area is 139 Å². The maximum absolute atomic E-state index is 13.3. The van der Waals surface area contributed by atoms with E-state index in [4.69, 9.17) is 0 Å². The molecule has 0 aliphatic carbocycles. The van der Waals surface area contributed by atoms with E-state index in [9.17, 15) is 12.8 Å². The zero-order valence-corrected chi connectivity index (χ0v) is 13.6. The SMILES string of the molecule is O=S1(=O)c2ccccc2Cc2c(Cc3ccnc(F)c3)cccc21. The molecule has 1 aliphatic heterocycles. The van der Waals surface area contributed by atoms with Crippen LogP contribution in [0.3, 0.4) is 0 Å². The van der Waals surface area contributed by atoms with Crippen molar-refractivity contribution in [3.63, 3.8) is 0 Å². The van der Waals surface area contributed by atoms with Crippen molar-refractivity contribution in [1.82, 2.24) is 4.98 Å². The normalized spacial score (nSPS) is 14.7. The Kier molecular flexibility index (Phi) is 3.46. The van der Waals surface area contributed by atoms with E-state index in [0.29, 0.717) is 22.6 Å². The summed E-state index contributed by atoms with van der Waals surface area (Å²) in [5.74, 6) is -0.532. The molecule has 0 saturated carbocycles. The average molecular weight is 339 g/mol. The number of halogens is 1. The average Bonchev–Trinajstić information content (AvgIpc) is 2.56. The summed E-state index contributed by atoms with van der Waals surface area (Å²) in [7, 11) is -3.51. The molecule has 1 aromatic heterocycles. The Morgan fingerprint density at radius 1 is 1.00 bits per heavy atom. The molecular weight excluding hydrogens is 325 g/mol. The second-order valence-electron chi connectivity index (χ2n) is 5.85. The van der Waals surface area contributed by atoms with E-state index in [0.717, 1.165) is 22.3 Å². The van der Waals surface area contributed by atoms with Crippen LogP contribution in [0.2, 0.25) is 0 Å². The van der Waals surface area contributed by atoms with Crippen LogP contribution < -0.4 is 0 Å². The standard InChI is InChI=1S/C19H14FNO2S/c20-19-11-13(8-9-21-19)10-14-5-3-7-18-16(14)12-15-4-1-2-6-17(15)24(18,22)23/h1-9,11H,10,12H2. The van der Waals surface area contributed by atoms with Crippen LogP contribution in [-0.4, -0.2) is 13.4 Å². The van der Waals surface area contributed by atoms with Gasteiger partial charge in [0.15, 0.2) is 0 Å². The van der Waals surface area contributed by atoms with Gasteiger partial charge in [-0.25, -0.2) is 13.4 Å². The van der Waals surface area contributed by atoms with Gasteiger partial charge in [-0.15, -0.1) is 0 Å². The van der Waals surface area contributed by atoms with Gasteiger partial charge in [0.2, 0.25) is 15.8 Å². The Morgan fingerprint density at radius 3 is 2.62 bits per heavy atom. The lowest BCUT2D eigenvalue weighted by Crippen LogP contribution is -2.16. The van der Waals surface area contributed by atoms with Crippen LogP contribution in [0.1, 0.15) is 22.3 Å². The minimum Gasteiger partial charge on any atom is -0.228 e. The van der Waals surface area contributed by atoms with Crippen molar-refractivity contribution in [3.8, 4) is 0 Å². The number of benzene rings is 2. The number of pyridine rings is 1. The minimum absolute atomic E-state index is 0.355. The van der Waals surface area contributed by atoms with E-state index in [1.165, 1.54) is 12.3 Å². The molecule has 24 heavy (non-hydrogen) atoms. The summed E-state index contributed by atoms with van der Waals surface area (Å²) in [5.41, 5.74) is 3.27. The molecule has 0 atom stereocenters. The molecule has 3 nitrogen and oxygen atoms in total. The molecule has 0 bridgehead atoms. The van der Waals surface area contributed by atoms with Crippen LogP contribution in [0.4, 0.5) is 4.39 Å². The predicted octanol–water partition coefficient (Wildman–Crippen LogP) is 3.55. The fourth-order valence-electron chi connectivity index (χ4n) is 3.22. The van der Waals surface area contributed by atoms with Gasteiger partial charge in [0.1, 0.15) is 0 Å².